The predicted octanol–water partition coefficient (Wildman–Crippen LogP) is 2.81. The molecule has 1 saturated heterocycles. The van der Waals surface area contributed by atoms with Crippen LogP contribution in [0.3, 0.4) is 0 Å². The Morgan fingerprint density at radius 2 is 2.14 bits per heavy atom. The lowest BCUT2D eigenvalue weighted by Gasteiger charge is -2.24. The molecule has 1 N–H and O–H groups in total. The highest BCUT2D eigenvalue weighted by molar-refractivity contribution is 5.59. The van der Waals surface area contributed by atoms with Gasteiger partial charge < -0.3 is 19.7 Å². The topological polar surface area (TPSA) is 33.7 Å². The van der Waals surface area contributed by atoms with Crippen LogP contribution < -0.4 is 15.0 Å². The van der Waals surface area contributed by atoms with Gasteiger partial charge in [-0.25, -0.2) is 0 Å². The Labute approximate surface area is 128 Å². The molecule has 0 aromatic heterocycles. The van der Waals surface area contributed by atoms with Crippen LogP contribution in [0.5, 0.6) is 5.75 Å². The molecule has 0 saturated carbocycles. The second kappa shape index (κ2) is 8.25. The third-order valence-corrected chi connectivity index (χ3v) is 4.07. The molecular formula is C17H28N2O2. The molecule has 1 fully saturated rings. The molecule has 0 bridgehead atoms. The third kappa shape index (κ3) is 4.35. The first kappa shape index (κ1) is 16.1. The fourth-order valence-electron chi connectivity index (χ4n) is 2.84. The molecule has 1 aliphatic heterocycles. The summed E-state index contributed by atoms with van der Waals surface area (Å²) in [5.41, 5.74) is 2.42. The summed E-state index contributed by atoms with van der Waals surface area (Å²) in [5.74, 6) is 0.954. The van der Waals surface area contributed by atoms with Crippen molar-refractivity contribution < 1.29 is 9.47 Å². The molecule has 2 rings (SSSR count). The van der Waals surface area contributed by atoms with E-state index in [-0.39, 0.29) is 0 Å². The Balaban J connectivity index is 1.94. The van der Waals surface area contributed by atoms with Gasteiger partial charge in [0, 0.05) is 32.8 Å². The Bertz CT molecular complexity index is 427. The number of methoxy groups -OCH3 is 1. The molecular weight excluding hydrogens is 264 g/mol. The number of anilines is 1. The van der Waals surface area contributed by atoms with Crippen LogP contribution >= 0.6 is 0 Å². The average molecular weight is 292 g/mol. The smallest absolute Gasteiger partial charge is 0.142 e. The summed E-state index contributed by atoms with van der Waals surface area (Å²) >= 11 is 0. The normalized spacial score (nSPS) is 18.0. The zero-order valence-corrected chi connectivity index (χ0v) is 13.5. The van der Waals surface area contributed by atoms with E-state index in [2.05, 4.69) is 42.3 Å². The lowest BCUT2D eigenvalue weighted by atomic mass is 10.1. The standard InChI is InChI=1S/C17H28N2O2/c1-4-19(5-2)16-9-8-14(11-17(16)20-3)12-18-13-15-7-6-10-21-15/h8-9,11,15,18H,4-7,10,12-13H2,1-3H3. The van der Waals surface area contributed by atoms with Crippen LogP contribution in [0, 0.1) is 0 Å². The molecule has 1 heterocycles. The SMILES string of the molecule is CCN(CC)c1ccc(CNCC2CCCO2)cc1OC. The number of hydrogen-bond donors (Lipinski definition) is 1. The Kier molecular flexibility index (Phi) is 6.33. The van der Waals surface area contributed by atoms with Crippen molar-refractivity contribution in [2.24, 2.45) is 0 Å². The minimum atomic E-state index is 0.391. The first-order chi connectivity index (χ1) is 10.3. The van der Waals surface area contributed by atoms with Gasteiger partial charge in [-0.3, -0.25) is 0 Å². The molecule has 118 valence electrons. The largest absolute Gasteiger partial charge is 0.495 e. The van der Waals surface area contributed by atoms with Gasteiger partial charge >= 0.3 is 0 Å². The second-order valence-electron chi connectivity index (χ2n) is 5.44. The van der Waals surface area contributed by atoms with Gasteiger partial charge in [-0.15, -0.1) is 0 Å². The van der Waals surface area contributed by atoms with Crippen LogP contribution in [-0.4, -0.2) is 39.5 Å². The second-order valence-corrected chi connectivity index (χ2v) is 5.44. The van der Waals surface area contributed by atoms with Crippen molar-refractivity contribution in [2.45, 2.75) is 39.3 Å². The monoisotopic (exact) mass is 292 g/mol. The van der Waals surface area contributed by atoms with E-state index in [9.17, 15) is 0 Å². The van der Waals surface area contributed by atoms with Crippen LogP contribution in [0.15, 0.2) is 18.2 Å². The number of ether oxygens (including phenoxy) is 2. The maximum absolute atomic E-state index is 5.62. The summed E-state index contributed by atoms with van der Waals surface area (Å²) < 4.78 is 11.2. The highest BCUT2D eigenvalue weighted by atomic mass is 16.5. The van der Waals surface area contributed by atoms with Gasteiger partial charge in [-0.2, -0.15) is 0 Å². The van der Waals surface area contributed by atoms with Gasteiger partial charge in [0.15, 0.2) is 0 Å². The van der Waals surface area contributed by atoms with Crippen LogP contribution in [-0.2, 0) is 11.3 Å². The van der Waals surface area contributed by atoms with Crippen molar-refractivity contribution in [1.29, 1.82) is 0 Å². The van der Waals surface area contributed by atoms with Crippen LogP contribution in [0.1, 0.15) is 32.3 Å². The third-order valence-electron chi connectivity index (χ3n) is 4.07. The van der Waals surface area contributed by atoms with Crippen molar-refractivity contribution >= 4 is 5.69 Å². The molecule has 1 aromatic rings. The lowest BCUT2D eigenvalue weighted by Crippen LogP contribution is -2.26. The molecule has 0 amide bonds. The number of nitrogens with one attached hydrogen (secondary N) is 1. The zero-order chi connectivity index (χ0) is 15.1. The number of benzene rings is 1. The van der Waals surface area contributed by atoms with Crippen molar-refractivity contribution in [3.05, 3.63) is 23.8 Å². The van der Waals surface area contributed by atoms with Gasteiger partial charge in [-0.05, 0) is 44.4 Å². The maximum atomic E-state index is 5.62. The number of rotatable bonds is 8. The van der Waals surface area contributed by atoms with Crippen LogP contribution in [0.2, 0.25) is 0 Å². The van der Waals surface area contributed by atoms with E-state index >= 15 is 0 Å². The van der Waals surface area contributed by atoms with E-state index in [0.29, 0.717) is 6.10 Å². The number of hydrogen-bond acceptors (Lipinski definition) is 4. The fourth-order valence-corrected chi connectivity index (χ4v) is 2.84. The minimum absolute atomic E-state index is 0.391. The predicted molar refractivity (Wildman–Crippen MR) is 87.2 cm³/mol. The molecule has 1 unspecified atom stereocenters. The highest BCUT2D eigenvalue weighted by Crippen LogP contribution is 2.29. The Hall–Kier alpha value is -1.26. The van der Waals surface area contributed by atoms with Gasteiger partial charge in [0.2, 0.25) is 0 Å². The van der Waals surface area contributed by atoms with Gasteiger partial charge in [0.25, 0.3) is 0 Å². The minimum Gasteiger partial charge on any atom is -0.495 e. The van der Waals surface area contributed by atoms with Crippen molar-refractivity contribution in [3.8, 4) is 5.75 Å². The van der Waals surface area contributed by atoms with Gasteiger partial charge in [-0.1, -0.05) is 6.07 Å². The first-order valence-electron chi connectivity index (χ1n) is 8.02. The molecule has 0 aliphatic carbocycles. The fraction of sp³-hybridized carbons (Fsp3) is 0.647. The van der Waals surface area contributed by atoms with E-state index in [1.807, 2.05) is 0 Å². The van der Waals surface area contributed by atoms with Crippen LogP contribution in [0.25, 0.3) is 0 Å². The quantitative estimate of drug-likeness (QED) is 0.799. The molecule has 0 spiro atoms. The summed E-state index contributed by atoms with van der Waals surface area (Å²) in [6, 6.07) is 6.48. The maximum Gasteiger partial charge on any atom is 0.142 e. The number of nitrogens with zero attached hydrogens (tertiary/aromatic N) is 1. The molecule has 4 nitrogen and oxygen atoms in total. The zero-order valence-electron chi connectivity index (χ0n) is 13.5. The van der Waals surface area contributed by atoms with Crippen molar-refractivity contribution in [2.75, 3.05) is 38.3 Å². The highest BCUT2D eigenvalue weighted by Gasteiger charge is 2.15. The van der Waals surface area contributed by atoms with E-state index in [0.717, 1.165) is 38.5 Å². The summed E-state index contributed by atoms with van der Waals surface area (Å²) in [6.07, 6.45) is 2.76. The Morgan fingerprint density at radius 1 is 1.33 bits per heavy atom. The first-order valence-corrected chi connectivity index (χ1v) is 8.02. The summed E-state index contributed by atoms with van der Waals surface area (Å²) in [6.45, 7) is 9.01. The van der Waals surface area contributed by atoms with E-state index in [1.54, 1.807) is 7.11 Å². The molecule has 1 aromatic carbocycles. The average Bonchev–Trinajstić information content (AvgIpc) is 3.03. The summed E-state index contributed by atoms with van der Waals surface area (Å²) in [7, 11) is 1.74. The van der Waals surface area contributed by atoms with E-state index in [4.69, 9.17) is 9.47 Å². The van der Waals surface area contributed by atoms with Crippen molar-refractivity contribution in [3.63, 3.8) is 0 Å². The van der Waals surface area contributed by atoms with Gasteiger partial charge in [0.05, 0.1) is 18.9 Å². The van der Waals surface area contributed by atoms with Gasteiger partial charge in [0.1, 0.15) is 5.75 Å². The summed E-state index contributed by atoms with van der Waals surface area (Å²) in [4.78, 5) is 2.31. The van der Waals surface area contributed by atoms with Crippen LogP contribution in [0.4, 0.5) is 5.69 Å². The van der Waals surface area contributed by atoms with Crippen molar-refractivity contribution in [1.82, 2.24) is 5.32 Å². The Morgan fingerprint density at radius 3 is 2.76 bits per heavy atom. The molecule has 21 heavy (non-hydrogen) atoms. The molecule has 0 radical (unpaired) electrons. The van der Waals surface area contributed by atoms with E-state index in [1.165, 1.54) is 24.1 Å². The lowest BCUT2D eigenvalue weighted by molar-refractivity contribution is 0.110. The molecule has 1 aliphatic rings. The van der Waals surface area contributed by atoms with E-state index < -0.39 is 0 Å². The summed E-state index contributed by atoms with van der Waals surface area (Å²) in [5, 5.41) is 3.48. The molecule has 4 heteroatoms. The molecule has 1 atom stereocenters.